The summed E-state index contributed by atoms with van der Waals surface area (Å²) in [5.74, 6) is 2.00. The van der Waals surface area contributed by atoms with Crippen molar-refractivity contribution in [1.82, 2.24) is 9.55 Å². The van der Waals surface area contributed by atoms with Crippen LogP contribution in [0.4, 0.5) is 0 Å². The molecule has 1 saturated heterocycles. The first-order valence-electron chi connectivity index (χ1n) is 7.58. The van der Waals surface area contributed by atoms with Gasteiger partial charge in [0.05, 0.1) is 16.6 Å². The van der Waals surface area contributed by atoms with Crippen LogP contribution in [0.2, 0.25) is 0 Å². The number of para-hydroxylation sites is 1. The predicted octanol–water partition coefficient (Wildman–Crippen LogP) is 3.51. The van der Waals surface area contributed by atoms with Crippen LogP contribution in [-0.2, 0) is 6.54 Å². The maximum atomic E-state index is 11.6. The van der Waals surface area contributed by atoms with E-state index in [1.54, 1.807) is 12.1 Å². The number of rotatable bonds is 4. The monoisotopic (exact) mass is 302 g/mol. The van der Waals surface area contributed by atoms with Crippen molar-refractivity contribution in [2.75, 3.05) is 5.75 Å². The maximum Gasteiger partial charge on any atom is 0.337 e. The van der Waals surface area contributed by atoms with Crippen molar-refractivity contribution in [2.45, 2.75) is 43.4 Å². The van der Waals surface area contributed by atoms with E-state index < -0.39 is 5.97 Å². The van der Waals surface area contributed by atoms with E-state index in [0.717, 1.165) is 23.4 Å². The number of aromatic carboxylic acids is 1. The van der Waals surface area contributed by atoms with Crippen LogP contribution in [0, 0.1) is 0 Å². The second-order valence-corrected chi connectivity index (χ2v) is 7.38. The molecule has 5 heteroatoms. The molecule has 110 valence electrons. The van der Waals surface area contributed by atoms with Gasteiger partial charge in [-0.05, 0) is 43.6 Å². The highest BCUT2D eigenvalue weighted by Crippen LogP contribution is 2.42. The topological polar surface area (TPSA) is 55.1 Å². The van der Waals surface area contributed by atoms with Crippen molar-refractivity contribution in [3.63, 3.8) is 0 Å². The van der Waals surface area contributed by atoms with Crippen LogP contribution < -0.4 is 0 Å². The highest BCUT2D eigenvalue weighted by molar-refractivity contribution is 8.00. The molecule has 0 spiro atoms. The summed E-state index contributed by atoms with van der Waals surface area (Å²) in [7, 11) is 0. The lowest BCUT2D eigenvalue weighted by Crippen LogP contribution is -2.14. The summed E-state index contributed by atoms with van der Waals surface area (Å²) in [4.78, 5) is 16.3. The maximum absolute atomic E-state index is 11.6. The molecule has 2 aliphatic rings. The Hall–Kier alpha value is -1.49. The highest BCUT2D eigenvalue weighted by atomic mass is 32.2. The van der Waals surface area contributed by atoms with Gasteiger partial charge in [0.25, 0.3) is 0 Å². The molecule has 1 unspecified atom stereocenters. The first-order chi connectivity index (χ1) is 10.2. The molecule has 21 heavy (non-hydrogen) atoms. The lowest BCUT2D eigenvalue weighted by molar-refractivity contribution is 0.0698. The van der Waals surface area contributed by atoms with Crippen molar-refractivity contribution in [3.05, 3.63) is 29.6 Å². The number of fused-ring (bicyclic) bond motifs is 1. The van der Waals surface area contributed by atoms with E-state index in [1.807, 2.05) is 17.8 Å². The third-order valence-electron chi connectivity index (χ3n) is 4.38. The number of carboxylic acid groups (broad SMARTS) is 1. The van der Waals surface area contributed by atoms with E-state index >= 15 is 0 Å². The Morgan fingerprint density at radius 1 is 1.38 bits per heavy atom. The highest BCUT2D eigenvalue weighted by Gasteiger charge is 2.32. The fraction of sp³-hybridized carbons (Fsp3) is 0.500. The van der Waals surface area contributed by atoms with Gasteiger partial charge in [0.1, 0.15) is 5.82 Å². The number of nitrogens with zero attached hydrogens (tertiary/aromatic N) is 2. The van der Waals surface area contributed by atoms with Crippen molar-refractivity contribution >= 4 is 28.8 Å². The second-order valence-electron chi connectivity index (χ2n) is 5.97. The van der Waals surface area contributed by atoms with E-state index in [9.17, 15) is 9.90 Å². The Morgan fingerprint density at radius 3 is 2.90 bits per heavy atom. The summed E-state index contributed by atoms with van der Waals surface area (Å²) in [5, 5.41) is 10.1. The minimum Gasteiger partial charge on any atom is -0.478 e. The molecule has 1 atom stereocenters. The van der Waals surface area contributed by atoms with Crippen LogP contribution in [0.1, 0.15) is 47.8 Å². The number of hydrogen-bond donors (Lipinski definition) is 1. The Balaban J connectivity index is 1.86. The number of carbonyl (C=O) groups is 1. The molecule has 1 saturated carbocycles. The molecule has 1 aliphatic carbocycles. The van der Waals surface area contributed by atoms with Crippen molar-refractivity contribution in [2.24, 2.45) is 0 Å². The molecule has 2 heterocycles. The predicted molar refractivity (Wildman–Crippen MR) is 84.1 cm³/mol. The van der Waals surface area contributed by atoms with Crippen LogP contribution in [-0.4, -0.2) is 31.6 Å². The average molecular weight is 302 g/mol. The van der Waals surface area contributed by atoms with Gasteiger partial charge in [-0.1, -0.05) is 6.07 Å². The van der Waals surface area contributed by atoms with Gasteiger partial charge in [-0.25, -0.2) is 9.78 Å². The lowest BCUT2D eigenvalue weighted by atomic mass is 10.1. The van der Waals surface area contributed by atoms with Gasteiger partial charge in [-0.15, -0.1) is 0 Å². The number of imidazole rings is 1. The minimum atomic E-state index is -0.858. The number of carboxylic acids is 1. The molecule has 0 radical (unpaired) electrons. The molecule has 4 rings (SSSR count). The Labute approximate surface area is 127 Å². The van der Waals surface area contributed by atoms with Crippen LogP contribution >= 0.6 is 11.8 Å². The van der Waals surface area contributed by atoms with Crippen LogP contribution in [0.25, 0.3) is 11.0 Å². The first-order valence-corrected chi connectivity index (χ1v) is 8.63. The third-order valence-corrected chi connectivity index (χ3v) is 5.76. The Morgan fingerprint density at radius 2 is 2.24 bits per heavy atom. The largest absolute Gasteiger partial charge is 0.478 e. The molecular formula is C16H18N2O2S. The van der Waals surface area contributed by atoms with Crippen molar-refractivity contribution in [3.8, 4) is 0 Å². The zero-order chi connectivity index (χ0) is 14.4. The summed E-state index contributed by atoms with van der Waals surface area (Å²) in [6.07, 6.45) is 4.86. The van der Waals surface area contributed by atoms with Crippen molar-refractivity contribution in [1.29, 1.82) is 0 Å². The molecule has 1 aliphatic heterocycles. The zero-order valence-electron chi connectivity index (χ0n) is 11.8. The molecule has 2 aromatic rings. The quantitative estimate of drug-likeness (QED) is 0.939. The van der Waals surface area contributed by atoms with Gasteiger partial charge in [0.15, 0.2) is 0 Å². The van der Waals surface area contributed by atoms with Crippen molar-refractivity contribution < 1.29 is 9.90 Å². The summed E-state index contributed by atoms with van der Waals surface area (Å²) < 4.78 is 2.21. The van der Waals surface area contributed by atoms with E-state index in [4.69, 9.17) is 4.98 Å². The van der Waals surface area contributed by atoms with Crippen LogP contribution in [0.3, 0.4) is 0 Å². The molecule has 2 fully saturated rings. The SMILES string of the molecule is O=C(O)c1cccc2nc(C3CC3)n(CC3CCCS3)c12. The standard InChI is InChI=1S/C16H18N2O2S/c19-16(20)12-4-1-5-13-14(12)18(9-11-3-2-8-21-11)15(17-13)10-6-7-10/h1,4-5,10-11H,2-3,6-9H2,(H,19,20). The van der Waals surface area contributed by atoms with E-state index in [-0.39, 0.29) is 0 Å². The minimum absolute atomic E-state index is 0.384. The molecule has 0 bridgehead atoms. The molecule has 4 nitrogen and oxygen atoms in total. The Kier molecular flexibility index (Phi) is 3.17. The molecule has 0 amide bonds. The first kappa shape index (κ1) is 13.2. The average Bonchev–Trinajstić information content (AvgIpc) is 3.07. The number of benzene rings is 1. The van der Waals surface area contributed by atoms with Gasteiger partial charge in [0, 0.05) is 17.7 Å². The van der Waals surface area contributed by atoms with Gasteiger partial charge < -0.3 is 9.67 Å². The summed E-state index contributed by atoms with van der Waals surface area (Å²) in [6, 6.07) is 5.43. The fourth-order valence-corrected chi connectivity index (χ4v) is 4.46. The second kappa shape index (κ2) is 5.05. The van der Waals surface area contributed by atoms with E-state index in [1.165, 1.54) is 31.4 Å². The lowest BCUT2D eigenvalue weighted by Gasteiger charge is -2.14. The number of thioether (sulfide) groups is 1. The van der Waals surface area contributed by atoms with Crippen LogP contribution in [0.15, 0.2) is 18.2 Å². The number of hydrogen-bond acceptors (Lipinski definition) is 3. The molecule has 1 aromatic carbocycles. The molecular weight excluding hydrogens is 284 g/mol. The molecule has 1 aromatic heterocycles. The van der Waals surface area contributed by atoms with Gasteiger partial charge in [0.2, 0.25) is 0 Å². The summed E-state index contributed by atoms with van der Waals surface area (Å²) in [6.45, 7) is 0.900. The Bertz CT molecular complexity index is 700. The molecule has 1 N–H and O–H groups in total. The normalized spacial score (nSPS) is 22.0. The smallest absolute Gasteiger partial charge is 0.337 e. The summed E-state index contributed by atoms with van der Waals surface area (Å²) >= 11 is 2.01. The van der Waals surface area contributed by atoms with E-state index in [0.29, 0.717) is 16.7 Å². The van der Waals surface area contributed by atoms with Crippen LogP contribution in [0.5, 0.6) is 0 Å². The van der Waals surface area contributed by atoms with Gasteiger partial charge >= 0.3 is 5.97 Å². The number of aromatic nitrogens is 2. The van der Waals surface area contributed by atoms with E-state index in [2.05, 4.69) is 4.57 Å². The van der Waals surface area contributed by atoms with Gasteiger partial charge in [-0.2, -0.15) is 11.8 Å². The fourth-order valence-electron chi connectivity index (χ4n) is 3.21. The zero-order valence-corrected chi connectivity index (χ0v) is 12.6. The van der Waals surface area contributed by atoms with Gasteiger partial charge in [-0.3, -0.25) is 0 Å². The summed E-state index contributed by atoms with van der Waals surface area (Å²) in [5.41, 5.74) is 2.04. The third kappa shape index (κ3) is 2.33.